The third kappa shape index (κ3) is 3.20. The number of nitriles is 1. The fourth-order valence-electron chi connectivity index (χ4n) is 1.88. The maximum Gasteiger partial charge on any atom is 0.238 e. The number of carbonyl (C=O) groups excluding carboxylic acids is 1. The van der Waals surface area contributed by atoms with E-state index in [0.717, 1.165) is 22.4 Å². The van der Waals surface area contributed by atoms with E-state index in [-0.39, 0.29) is 12.3 Å². The van der Waals surface area contributed by atoms with E-state index in [9.17, 15) is 4.79 Å². The zero-order valence-corrected chi connectivity index (χ0v) is 10.7. The van der Waals surface area contributed by atoms with E-state index in [0.29, 0.717) is 0 Å². The maximum atomic E-state index is 11.4. The highest BCUT2D eigenvalue weighted by Gasteiger charge is 2.05. The Kier molecular flexibility index (Phi) is 3.94. The van der Waals surface area contributed by atoms with Crippen molar-refractivity contribution in [1.82, 2.24) is 0 Å². The summed E-state index contributed by atoms with van der Waals surface area (Å²) in [5.74, 6) is -0.280. The number of nitrogens with one attached hydrogen (secondary N) is 1. The lowest BCUT2D eigenvalue weighted by molar-refractivity contribution is -0.115. The van der Waals surface area contributed by atoms with Gasteiger partial charge in [-0.3, -0.25) is 4.79 Å². The molecule has 0 fully saturated rings. The summed E-state index contributed by atoms with van der Waals surface area (Å²) in [4.78, 5) is 11.4. The van der Waals surface area contributed by atoms with Gasteiger partial charge in [-0.1, -0.05) is 36.4 Å². The molecule has 3 nitrogen and oxygen atoms in total. The molecule has 0 spiro atoms. The number of carbonyl (C=O) groups is 1. The van der Waals surface area contributed by atoms with Crippen molar-refractivity contribution < 1.29 is 4.79 Å². The first-order valence-electron chi connectivity index (χ1n) is 6.03. The minimum Gasteiger partial charge on any atom is -0.325 e. The van der Waals surface area contributed by atoms with E-state index in [1.165, 1.54) is 0 Å². The Balaban J connectivity index is 2.23. The Morgan fingerprint density at radius 3 is 2.53 bits per heavy atom. The van der Waals surface area contributed by atoms with E-state index in [1.807, 2.05) is 61.5 Å². The van der Waals surface area contributed by atoms with Crippen molar-refractivity contribution in [2.75, 3.05) is 5.32 Å². The van der Waals surface area contributed by atoms with Crippen LogP contribution in [0.2, 0.25) is 0 Å². The summed E-state index contributed by atoms with van der Waals surface area (Å²) < 4.78 is 0. The van der Waals surface area contributed by atoms with Gasteiger partial charge in [-0.25, -0.2) is 0 Å². The second-order valence-corrected chi connectivity index (χ2v) is 4.28. The molecule has 0 aliphatic heterocycles. The van der Waals surface area contributed by atoms with Crippen LogP contribution in [0.5, 0.6) is 0 Å². The summed E-state index contributed by atoms with van der Waals surface area (Å²) in [6.07, 6.45) is -0.125. The molecule has 1 N–H and O–H groups in total. The van der Waals surface area contributed by atoms with Crippen LogP contribution in [0.1, 0.15) is 12.0 Å². The third-order valence-electron chi connectivity index (χ3n) is 2.85. The Morgan fingerprint density at radius 1 is 1.16 bits per heavy atom. The molecule has 0 saturated carbocycles. The first-order chi connectivity index (χ1) is 9.20. The van der Waals surface area contributed by atoms with Gasteiger partial charge >= 0.3 is 0 Å². The molecule has 2 rings (SSSR count). The van der Waals surface area contributed by atoms with Gasteiger partial charge in [0.25, 0.3) is 0 Å². The molecule has 2 aromatic carbocycles. The molecule has 1 amide bonds. The number of nitrogens with zero attached hydrogens (tertiary/aromatic N) is 1. The second-order valence-electron chi connectivity index (χ2n) is 4.28. The van der Waals surface area contributed by atoms with Gasteiger partial charge in [0.1, 0.15) is 6.42 Å². The zero-order valence-electron chi connectivity index (χ0n) is 10.7. The molecule has 0 heterocycles. The summed E-state index contributed by atoms with van der Waals surface area (Å²) in [7, 11) is 0. The van der Waals surface area contributed by atoms with Crippen LogP contribution in [0, 0.1) is 18.3 Å². The molecule has 2 aromatic rings. The SMILES string of the molecule is Cc1cc(-c2ccccc2)ccc1NC(=O)CC#N. The van der Waals surface area contributed by atoms with Crippen LogP contribution in [0.4, 0.5) is 5.69 Å². The fourth-order valence-corrected chi connectivity index (χ4v) is 1.88. The monoisotopic (exact) mass is 250 g/mol. The highest BCUT2D eigenvalue weighted by molar-refractivity contribution is 5.93. The van der Waals surface area contributed by atoms with Gasteiger partial charge in [-0.05, 0) is 35.7 Å². The van der Waals surface area contributed by atoms with Crippen LogP contribution in [0.3, 0.4) is 0 Å². The molecular weight excluding hydrogens is 236 g/mol. The van der Waals surface area contributed by atoms with Crippen LogP contribution >= 0.6 is 0 Å². The van der Waals surface area contributed by atoms with Gasteiger partial charge < -0.3 is 5.32 Å². The highest BCUT2D eigenvalue weighted by atomic mass is 16.1. The predicted octanol–water partition coefficient (Wildman–Crippen LogP) is 3.51. The average molecular weight is 250 g/mol. The van der Waals surface area contributed by atoms with E-state index in [1.54, 1.807) is 0 Å². The zero-order chi connectivity index (χ0) is 13.7. The summed E-state index contributed by atoms with van der Waals surface area (Å²) in [6, 6.07) is 17.7. The number of benzene rings is 2. The Labute approximate surface area is 112 Å². The van der Waals surface area contributed by atoms with Crippen LogP contribution in [-0.2, 0) is 4.79 Å². The molecule has 0 aromatic heterocycles. The number of aryl methyl sites for hydroxylation is 1. The van der Waals surface area contributed by atoms with Crippen LogP contribution in [0.25, 0.3) is 11.1 Å². The minimum atomic E-state index is -0.280. The lowest BCUT2D eigenvalue weighted by Gasteiger charge is -2.09. The summed E-state index contributed by atoms with van der Waals surface area (Å²) in [5, 5.41) is 11.2. The van der Waals surface area contributed by atoms with Crippen molar-refractivity contribution in [2.24, 2.45) is 0 Å². The third-order valence-corrected chi connectivity index (χ3v) is 2.85. The van der Waals surface area contributed by atoms with Gasteiger partial charge in [0.15, 0.2) is 0 Å². The van der Waals surface area contributed by atoms with Crippen molar-refractivity contribution >= 4 is 11.6 Å². The lowest BCUT2D eigenvalue weighted by atomic mass is 10.0. The molecule has 0 saturated heterocycles. The van der Waals surface area contributed by atoms with Gasteiger partial charge in [0.05, 0.1) is 6.07 Å². The molecule has 0 aliphatic carbocycles. The number of anilines is 1. The smallest absolute Gasteiger partial charge is 0.238 e. The van der Waals surface area contributed by atoms with E-state index < -0.39 is 0 Å². The maximum absolute atomic E-state index is 11.4. The molecule has 0 radical (unpaired) electrons. The predicted molar refractivity (Wildman–Crippen MR) is 75.5 cm³/mol. The van der Waals surface area contributed by atoms with Gasteiger partial charge in [-0.15, -0.1) is 0 Å². The molecule has 19 heavy (non-hydrogen) atoms. The molecule has 0 bridgehead atoms. The van der Waals surface area contributed by atoms with Gasteiger partial charge in [0, 0.05) is 5.69 Å². The Bertz CT molecular complexity index is 627. The second kappa shape index (κ2) is 5.83. The minimum absolute atomic E-state index is 0.125. The number of hydrogen-bond donors (Lipinski definition) is 1. The van der Waals surface area contributed by atoms with Crippen molar-refractivity contribution in [2.45, 2.75) is 13.3 Å². The summed E-state index contributed by atoms with van der Waals surface area (Å²) in [6.45, 7) is 1.94. The Morgan fingerprint density at radius 2 is 1.89 bits per heavy atom. The average Bonchev–Trinajstić information content (AvgIpc) is 2.42. The molecule has 94 valence electrons. The summed E-state index contributed by atoms with van der Waals surface area (Å²) in [5.41, 5.74) is 3.98. The van der Waals surface area contributed by atoms with Crippen LogP contribution in [-0.4, -0.2) is 5.91 Å². The van der Waals surface area contributed by atoms with Gasteiger partial charge in [-0.2, -0.15) is 5.26 Å². The summed E-state index contributed by atoms with van der Waals surface area (Å²) >= 11 is 0. The van der Waals surface area contributed by atoms with Crippen LogP contribution in [0.15, 0.2) is 48.5 Å². The number of hydrogen-bond acceptors (Lipinski definition) is 2. The molecular formula is C16H14N2O. The van der Waals surface area contributed by atoms with E-state index in [2.05, 4.69) is 5.32 Å². The molecule has 0 aliphatic rings. The number of amides is 1. The van der Waals surface area contributed by atoms with Gasteiger partial charge in [0.2, 0.25) is 5.91 Å². The van der Waals surface area contributed by atoms with Crippen LogP contribution < -0.4 is 5.32 Å². The Hall–Kier alpha value is -2.60. The molecule has 3 heteroatoms. The quantitative estimate of drug-likeness (QED) is 0.906. The van der Waals surface area contributed by atoms with Crippen molar-refractivity contribution in [3.63, 3.8) is 0 Å². The molecule has 0 atom stereocenters. The van der Waals surface area contributed by atoms with Crippen molar-refractivity contribution in [1.29, 1.82) is 5.26 Å². The standard InChI is InChI=1S/C16H14N2O/c1-12-11-14(13-5-3-2-4-6-13)7-8-15(12)18-16(19)9-10-17/h2-8,11H,9H2,1H3,(H,18,19). The first kappa shape index (κ1) is 12.8. The lowest BCUT2D eigenvalue weighted by Crippen LogP contribution is -2.11. The largest absolute Gasteiger partial charge is 0.325 e. The van der Waals surface area contributed by atoms with E-state index in [4.69, 9.17) is 5.26 Å². The highest BCUT2D eigenvalue weighted by Crippen LogP contribution is 2.24. The van der Waals surface area contributed by atoms with E-state index >= 15 is 0 Å². The number of rotatable bonds is 3. The molecule has 0 unspecified atom stereocenters. The topological polar surface area (TPSA) is 52.9 Å². The first-order valence-corrected chi connectivity index (χ1v) is 6.03. The fraction of sp³-hybridized carbons (Fsp3) is 0.125. The van der Waals surface area contributed by atoms with Crippen molar-refractivity contribution in [3.8, 4) is 17.2 Å². The van der Waals surface area contributed by atoms with Crippen molar-refractivity contribution in [3.05, 3.63) is 54.1 Å². The normalized spacial score (nSPS) is 9.68.